The molecule has 1 saturated heterocycles. The molecule has 1 atom stereocenters. The van der Waals surface area contributed by atoms with E-state index in [1.807, 2.05) is 30.3 Å². The Hall–Kier alpha value is -4.26. The lowest BCUT2D eigenvalue weighted by atomic mass is 9.94. The van der Waals surface area contributed by atoms with Gasteiger partial charge in [-0.05, 0) is 53.9 Å². The second kappa shape index (κ2) is 10.3. The zero-order valence-electron chi connectivity index (χ0n) is 19.9. The minimum absolute atomic E-state index is 0.0282. The first-order chi connectivity index (χ1) is 17.0. The van der Waals surface area contributed by atoms with Crippen molar-refractivity contribution >= 4 is 17.4 Å². The van der Waals surface area contributed by atoms with Gasteiger partial charge in [0.15, 0.2) is 11.5 Å². The number of likely N-dealkylation sites (tertiary alicyclic amines) is 1. The van der Waals surface area contributed by atoms with Crippen LogP contribution in [0.1, 0.15) is 22.7 Å². The fourth-order valence-electron chi connectivity index (χ4n) is 4.28. The molecule has 0 bridgehead atoms. The van der Waals surface area contributed by atoms with Gasteiger partial charge in [-0.15, -0.1) is 0 Å². The number of hydrogen-bond acceptors (Lipinski definition) is 6. The van der Waals surface area contributed by atoms with E-state index < -0.39 is 17.7 Å². The Labute approximate surface area is 204 Å². The Bertz CT molecular complexity index is 1250. The van der Waals surface area contributed by atoms with Crippen LogP contribution in [0.3, 0.4) is 0 Å². The first kappa shape index (κ1) is 23.9. The van der Waals surface area contributed by atoms with E-state index in [9.17, 15) is 14.7 Å². The number of Topliss-reactive ketones (excluding diaryl/α,β-unsaturated/α-hetero) is 1. The highest BCUT2D eigenvalue weighted by atomic mass is 16.5. The van der Waals surface area contributed by atoms with Crippen LogP contribution in [0.15, 0.2) is 78.4 Å². The van der Waals surface area contributed by atoms with Crippen molar-refractivity contribution in [1.82, 2.24) is 4.90 Å². The number of carbonyl (C=O) groups excluding carboxylic acids is 2. The summed E-state index contributed by atoms with van der Waals surface area (Å²) in [7, 11) is 4.60. The molecule has 3 aromatic rings. The molecular weight excluding hydrogens is 446 g/mol. The molecule has 1 amide bonds. The van der Waals surface area contributed by atoms with Gasteiger partial charge in [-0.25, -0.2) is 0 Å². The topological polar surface area (TPSA) is 85.3 Å². The molecule has 3 aromatic carbocycles. The number of methoxy groups -OCH3 is 3. The molecule has 1 heterocycles. The van der Waals surface area contributed by atoms with Crippen LogP contribution >= 0.6 is 0 Å². The van der Waals surface area contributed by atoms with Crippen molar-refractivity contribution in [3.63, 3.8) is 0 Å². The Morgan fingerprint density at radius 1 is 0.857 bits per heavy atom. The van der Waals surface area contributed by atoms with Crippen LogP contribution in [0, 0.1) is 0 Å². The quantitative estimate of drug-likeness (QED) is 0.297. The molecule has 4 rings (SSSR count). The second-order valence-electron chi connectivity index (χ2n) is 8.07. The van der Waals surface area contributed by atoms with E-state index in [2.05, 4.69) is 0 Å². The Morgan fingerprint density at radius 3 is 2.17 bits per heavy atom. The van der Waals surface area contributed by atoms with Crippen molar-refractivity contribution in [2.45, 2.75) is 12.5 Å². The van der Waals surface area contributed by atoms with E-state index in [4.69, 9.17) is 14.2 Å². The number of hydrogen-bond donors (Lipinski definition) is 1. The molecule has 1 N–H and O–H groups in total. The first-order valence-corrected chi connectivity index (χ1v) is 11.2. The van der Waals surface area contributed by atoms with Crippen molar-refractivity contribution in [2.75, 3.05) is 27.9 Å². The van der Waals surface area contributed by atoms with E-state index in [1.54, 1.807) is 49.6 Å². The van der Waals surface area contributed by atoms with Crippen molar-refractivity contribution in [3.8, 4) is 17.2 Å². The van der Waals surface area contributed by atoms with E-state index in [0.717, 1.165) is 5.56 Å². The van der Waals surface area contributed by atoms with Gasteiger partial charge in [-0.1, -0.05) is 36.4 Å². The van der Waals surface area contributed by atoms with Gasteiger partial charge in [-0.2, -0.15) is 0 Å². The number of ether oxygens (including phenoxy) is 3. The fraction of sp³-hybridized carbons (Fsp3) is 0.214. The summed E-state index contributed by atoms with van der Waals surface area (Å²) in [4.78, 5) is 27.9. The summed E-state index contributed by atoms with van der Waals surface area (Å²) in [6, 6.07) is 20.8. The molecule has 0 aliphatic carbocycles. The summed E-state index contributed by atoms with van der Waals surface area (Å²) in [5.41, 5.74) is 2.11. The molecular formula is C28H27NO6. The largest absolute Gasteiger partial charge is 0.507 e. The van der Waals surface area contributed by atoms with Crippen LogP contribution < -0.4 is 14.2 Å². The third-order valence-corrected chi connectivity index (χ3v) is 6.11. The SMILES string of the molecule is COc1ccc(C(O)=C2C(=O)C(=O)N(CCc3ccccc3)C2c2ccc(OC)c(OC)c2)cc1. The number of nitrogens with zero attached hydrogens (tertiary/aromatic N) is 1. The van der Waals surface area contributed by atoms with Crippen molar-refractivity contribution in [3.05, 3.63) is 95.1 Å². The molecule has 1 aliphatic rings. The van der Waals surface area contributed by atoms with E-state index in [1.165, 1.54) is 19.1 Å². The molecule has 1 unspecified atom stereocenters. The molecule has 0 saturated carbocycles. The van der Waals surface area contributed by atoms with Gasteiger partial charge in [0.2, 0.25) is 0 Å². The van der Waals surface area contributed by atoms with Crippen molar-refractivity contribution < 1.29 is 28.9 Å². The van der Waals surface area contributed by atoms with Crippen LogP contribution in [0.25, 0.3) is 5.76 Å². The summed E-state index contributed by atoms with van der Waals surface area (Å²) in [6.07, 6.45) is 0.556. The normalized spacial score (nSPS) is 16.9. The predicted octanol–water partition coefficient (Wildman–Crippen LogP) is 4.38. The average molecular weight is 474 g/mol. The van der Waals surface area contributed by atoms with E-state index in [0.29, 0.717) is 41.3 Å². The average Bonchev–Trinajstić information content (AvgIpc) is 3.16. The van der Waals surface area contributed by atoms with Crippen LogP contribution in [0.5, 0.6) is 17.2 Å². The minimum atomic E-state index is -0.791. The third-order valence-electron chi connectivity index (χ3n) is 6.11. The molecule has 0 aromatic heterocycles. The highest BCUT2D eigenvalue weighted by Gasteiger charge is 2.46. The highest BCUT2D eigenvalue weighted by molar-refractivity contribution is 6.46. The number of aliphatic hydroxyl groups excluding tert-OH is 1. The summed E-state index contributed by atoms with van der Waals surface area (Å²) in [6.45, 7) is 0.299. The number of aliphatic hydroxyl groups is 1. The second-order valence-corrected chi connectivity index (χ2v) is 8.07. The lowest BCUT2D eigenvalue weighted by molar-refractivity contribution is -0.139. The number of benzene rings is 3. The number of carbonyl (C=O) groups is 2. The van der Waals surface area contributed by atoms with Gasteiger partial charge in [0.1, 0.15) is 11.5 Å². The zero-order chi connectivity index (χ0) is 24.9. The van der Waals surface area contributed by atoms with Gasteiger partial charge < -0.3 is 24.2 Å². The maximum absolute atomic E-state index is 13.2. The summed E-state index contributed by atoms with van der Waals surface area (Å²) >= 11 is 0. The first-order valence-electron chi connectivity index (χ1n) is 11.2. The Balaban J connectivity index is 1.81. The zero-order valence-corrected chi connectivity index (χ0v) is 19.9. The van der Waals surface area contributed by atoms with Crippen LogP contribution in [0.2, 0.25) is 0 Å². The molecule has 1 aliphatic heterocycles. The lowest BCUT2D eigenvalue weighted by Gasteiger charge is -2.26. The van der Waals surface area contributed by atoms with Crippen LogP contribution in [-0.4, -0.2) is 49.6 Å². The Kier molecular flexibility index (Phi) is 7.06. The summed E-state index contributed by atoms with van der Waals surface area (Å²) in [5, 5.41) is 11.2. The number of rotatable bonds is 8. The lowest BCUT2D eigenvalue weighted by Crippen LogP contribution is -2.31. The molecule has 0 radical (unpaired) electrons. The smallest absolute Gasteiger partial charge is 0.295 e. The predicted molar refractivity (Wildman–Crippen MR) is 132 cm³/mol. The third kappa shape index (κ3) is 4.71. The standard InChI is InChI=1S/C28H27NO6/c1-33-21-12-9-19(10-13-21)26(30)24-25(20-11-14-22(34-2)23(17-20)35-3)29(28(32)27(24)31)16-15-18-7-5-4-6-8-18/h4-14,17,25,30H,15-16H2,1-3H3. The fourth-order valence-corrected chi connectivity index (χ4v) is 4.28. The molecule has 35 heavy (non-hydrogen) atoms. The summed E-state index contributed by atoms with van der Waals surface area (Å²) < 4.78 is 16.0. The number of amides is 1. The molecule has 1 fully saturated rings. The Morgan fingerprint density at radius 2 is 1.54 bits per heavy atom. The monoisotopic (exact) mass is 473 g/mol. The maximum Gasteiger partial charge on any atom is 0.295 e. The van der Waals surface area contributed by atoms with Gasteiger partial charge >= 0.3 is 0 Å². The minimum Gasteiger partial charge on any atom is -0.507 e. The van der Waals surface area contributed by atoms with Gasteiger partial charge in [0, 0.05) is 12.1 Å². The van der Waals surface area contributed by atoms with Crippen LogP contribution in [-0.2, 0) is 16.0 Å². The van der Waals surface area contributed by atoms with Crippen LogP contribution in [0.4, 0.5) is 0 Å². The number of ketones is 1. The maximum atomic E-state index is 13.2. The van der Waals surface area contributed by atoms with E-state index in [-0.39, 0.29) is 11.3 Å². The van der Waals surface area contributed by atoms with E-state index >= 15 is 0 Å². The van der Waals surface area contributed by atoms with Gasteiger partial charge in [-0.3, -0.25) is 9.59 Å². The molecule has 180 valence electrons. The van der Waals surface area contributed by atoms with Crippen molar-refractivity contribution in [1.29, 1.82) is 0 Å². The van der Waals surface area contributed by atoms with Gasteiger partial charge in [0.25, 0.3) is 11.7 Å². The summed E-state index contributed by atoms with van der Waals surface area (Å²) in [5.74, 6) is -0.0352. The molecule has 7 heteroatoms. The van der Waals surface area contributed by atoms with Gasteiger partial charge in [0.05, 0.1) is 32.9 Å². The van der Waals surface area contributed by atoms with Crippen molar-refractivity contribution in [2.24, 2.45) is 0 Å². The molecule has 7 nitrogen and oxygen atoms in total. The highest BCUT2D eigenvalue weighted by Crippen LogP contribution is 2.42. The molecule has 0 spiro atoms.